The van der Waals surface area contributed by atoms with Crippen LogP contribution in [-0.4, -0.2) is 29.6 Å². The third kappa shape index (κ3) is 2.69. The van der Waals surface area contributed by atoms with Crippen molar-refractivity contribution in [2.24, 2.45) is 0 Å². The largest absolute Gasteiger partial charge is 0.508 e. The maximum atomic E-state index is 9.71. The number of aromatic hydroxyl groups is 1. The number of rotatable bonds is 4. The summed E-state index contributed by atoms with van der Waals surface area (Å²) in [6.45, 7) is 8.09. The molecule has 2 rings (SSSR count). The second kappa shape index (κ2) is 5.75. The molecule has 1 fully saturated rings. The predicted octanol–water partition coefficient (Wildman–Crippen LogP) is 3.55. The van der Waals surface area contributed by atoms with Gasteiger partial charge in [-0.15, -0.1) is 0 Å². The topological polar surface area (TPSA) is 23.5 Å². The fourth-order valence-corrected chi connectivity index (χ4v) is 3.30. The molecule has 1 aromatic rings. The molecule has 0 spiro atoms. The number of hydrogen-bond acceptors (Lipinski definition) is 2. The Kier molecular flexibility index (Phi) is 4.28. The average molecular weight is 247 g/mol. The summed E-state index contributed by atoms with van der Waals surface area (Å²) in [6, 6.07) is 7.87. The number of piperidine rings is 1. The molecule has 1 aliphatic heterocycles. The highest BCUT2D eigenvalue weighted by Crippen LogP contribution is 2.38. The molecule has 1 unspecified atom stereocenters. The number of nitrogens with zero attached hydrogens (tertiary/aromatic N) is 1. The van der Waals surface area contributed by atoms with Crippen molar-refractivity contribution in [1.82, 2.24) is 4.90 Å². The SMILES string of the molecule is CCCN1CCCC(CC)(c2cccc(O)c2)C1. The first-order valence-electron chi connectivity index (χ1n) is 7.22. The van der Waals surface area contributed by atoms with Crippen molar-refractivity contribution in [3.63, 3.8) is 0 Å². The Labute approximate surface area is 111 Å². The van der Waals surface area contributed by atoms with E-state index in [1.807, 2.05) is 12.1 Å². The molecule has 1 aliphatic rings. The van der Waals surface area contributed by atoms with Gasteiger partial charge in [0.1, 0.15) is 5.75 Å². The van der Waals surface area contributed by atoms with Crippen LogP contribution < -0.4 is 0 Å². The normalized spacial score (nSPS) is 25.2. The molecule has 0 bridgehead atoms. The molecule has 1 saturated heterocycles. The zero-order valence-electron chi connectivity index (χ0n) is 11.7. The van der Waals surface area contributed by atoms with Gasteiger partial charge in [0.15, 0.2) is 0 Å². The zero-order chi connectivity index (χ0) is 13.0. The van der Waals surface area contributed by atoms with Gasteiger partial charge < -0.3 is 10.0 Å². The van der Waals surface area contributed by atoms with Crippen LogP contribution in [0.25, 0.3) is 0 Å². The first-order valence-corrected chi connectivity index (χ1v) is 7.22. The van der Waals surface area contributed by atoms with Gasteiger partial charge in [-0.2, -0.15) is 0 Å². The van der Waals surface area contributed by atoms with E-state index >= 15 is 0 Å². The fraction of sp³-hybridized carbons (Fsp3) is 0.625. The molecule has 0 radical (unpaired) electrons. The minimum absolute atomic E-state index is 0.242. The Morgan fingerprint density at radius 2 is 2.17 bits per heavy atom. The van der Waals surface area contributed by atoms with Crippen LogP contribution in [0, 0.1) is 0 Å². The number of phenols is 1. The lowest BCUT2D eigenvalue weighted by atomic mass is 9.72. The summed E-state index contributed by atoms with van der Waals surface area (Å²) in [7, 11) is 0. The minimum Gasteiger partial charge on any atom is -0.508 e. The smallest absolute Gasteiger partial charge is 0.115 e. The molecule has 1 aromatic carbocycles. The molecule has 1 atom stereocenters. The van der Waals surface area contributed by atoms with Crippen LogP contribution >= 0.6 is 0 Å². The molecular weight excluding hydrogens is 222 g/mol. The van der Waals surface area contributed by atoms with E-state index in [4.69, 9.17) is 0 Å². The van der Waals surface area contributed by atoms with Crippen LogP contribution in [0.5, 0.6) is 5.75 Å². The third-order valence-electron chi connectivity index (χ3n) is 4.33. The minimum atomic E-state index is 0.242. The Balaban J connectivity index is 2.24. The van der Waals surface area contributed by atoms with Crippen LogP contribution in [0.3, 0.4) is 0 Å². The van der Waals surface area contributed by atoms with Gasteiger partial charge in [-0.3, -0.25) is 0 Å². The summed E-state index contributed by atoms with van der Waals surface area (Å²) in [5.41, 5.74) is 1.55. The van der Waals surface area contributed by atoms with Gasteiger partial charge in [-0.25, -0.2) is 0 Å². The number of likely N-dealkylation sites (tertiary alicyclic amines) is 1. The van der Waals surface area contributed by atoms with Crippen molar-refractivity contribution in [2.75, 3.05) is 19.6 Å². The Morgan fingerprint density at radius 1 is 1.33 bits per heavy atom. The molecular formula is C16H25NO. The first-order chi connectivity index (χ1) is 8.70. The summed E-state index contributed by atoms with van der Waals surface area (Å²) in [5, 5.41) is 9.71. The second-order valence-electron chi connectivity index (χ2n) is 5.56. The summed E-state index contributed by atoms with van der Waals surface area (Å²) in [5.74, 6) is 0.396. The molecule has 0 aromatic heterocycles. The van der Waals surface area contributed by atoms with Crippen LogP contribution in [0.2, 0.25) is 0 Å². The van der Waals surface area contributed by atoms with E-state index in [9.17, 15) is 5.11 Å². The zero-order valence-corrected chi connectivity index (χ0v) is 11.7. The lowest BCUT2D eigenvalue weighted by molar-refractivity contribution is 0.142. The summed E-state index contributed by atoms with van der Waals surface area (Å²) < 4.78 is 0. The summed E-state index contributed by atoms with van der Waals surface area (Å²) in [4.78, 5) is 2.58. The lowest BCUT2D eigenvalue weighted by Crippen LogP contribution is -2.46. The molecule has 2 nitrogen and oxygen atoms in total. The fourth-order valence-electron chi connectivity index (χ4n) is 3.30. The van der Waals surface area contributed by atoms with E-state index in [0.717, 1.165) is 13.0 Å². The molecule has 1 N–H and O–H groups in total. The van der Waals surface area contributed by atoms with Gasteiger partial charge in [-0.05, 0) is 56.5 Å². The van der Waals surface area contributed by atoms with Gasteiger partial charge in [-0.1, -0.05) is 26.0 Å². The van der Waals surface area contributed by atoms with E-state index < -0.39 is 0 Å². The van der Waals surface area contributed by atoms with E-state index in [1.165, 1.54) is 37.9 Å². The Bertz CT molecular complexity index is 388. The van der Waals surface area contributed by atoms with Gasteiger partial charge in [0, 0.05) is 12.0 Å². The van der Waals surface area contributed by atoms with Crippen molar-refractivity contribution in [3.8, 4) is 5.75 Å². The molecule has 0 saturated carbocycles. The second-order valence-corrected chi connectivity index (χ2v) is 5.56. The van der Waals surface area contributed by atoms with Gasteiger partial charge >= 0.3 is 0 Å². The van der Waals surface area contributed by atoms with Crippen LogP contribution in [0.4, 0.5) is 0 Å². The van der Waals surface area contributed by atoms with E-state index in [1.54, 1.807) is 6.07 Å². The monoisotopic (exact) mass is 247 g/mol. The first kappa shape index (κ1) is 13.4. The van der Waals surface area contributed by atoms with E-state index in [0.29, 0.717) is 5.75 Å². The number of hydrogen-bond donors (Lipinski definition) is 1. The average Bonchev–Trinajstić information content (AvgIpc) is 2.39. The van der Waals surface area contributed by atoms with Crippen LogP contribution in [-0.2, 0) is 5.41 Å². The van der Waals surface area contributed by atoms with Crippen molar-refractivity contribution >= 4 is 0 Å². The highest BCUT2D eigenvalue weighted by atomic mass is 16.3. The number of benzene rings is 1. The Hall–Kier alpha value is -1.02. The molecule has 0 amide bonds. The van der Waals surface area contributed by atoms with Crippen LogP contribution in [0.15, 0.2) is 24.3 Å². The summed E-state index contributed by atoms with van der Waals surface area (Å²) in [6.07, 6.45) is 4.88. The molecule has 1 heterocycles. The van der Waals surface area contributed by atoms with Gasteiger partial charge in [0.05, 0.1) is 0 Å². The van der Waals surface area contributed by atoms with Crippen molar-refractivity contribution in [1.29, 1.82) is 0 Å². The molecule has 100 valence electrons. The quantitative estimate of drug-likeness (QED) is 0.879. The van der Waals surface area contributed by atoms with Crippen molar-refractivity contribution in [2.45, 2.75) is 44.9 Å². The number of phenolic OH excluding ortho intramolecular Hbond substituents is 1. The molecule has 2 heteroatoms. The van der Waals surface area contributed by atoms with E-state index in [-0.39, 0.29) is 5.41 Å². The predicted molar refractivity (Wildman–Crippen MR) is 76.0 cm³/mol. The molecule has 0 aliphatic carbocycles. The molecule has 18 heavy (non-hydrogen) atoms. The van der Waals surface area contributed by atoms with Crippen LogP contribution in [0.1, 0.15) is 45.1 Å². The maximum absolute atomic E-state index is 9.71. The van der Waals surface area contributed by atoms with Gasteiger partial charge in [0.25, 0.3) is 0 Å². The summed E-state index contributed by atoms with van der Waals surface area (Å²) >= 11 is 0. The maximum Gasteiger partial charge on any atom is 0.115 e. The van der Waals surface area contributed by atoms with Crippen molar-refractivity contribution in [3.05, 3.63) is 29.8 Å². The van der Waals surface area contributed by atoms with Crippen molar-refractivity contribution < 1.29 is 5.11 Å². The lowest BCUT2D eigenvalue weighted by Gasteiger charge is -2.43. The highest BCUT2D eigenvalue weighted by molar-refractivity contribution is 5.34. The Morgan fingerprint density at radius 3 is 2.83 bits per heavy atom. The standard InChI is InChI=1S/C16H25NO/c1-3-10-17-11-6-9-16(4-2,13-17)14-7-5-8-15(18)12-14/h5,7-8,12,18H,3-4,6,9-11,13H2,1-2H3. The highest BCUT2D eigenvalue weighted by Gasteiger charge is 2.35. The van der Waals surface area contributed by atoms with Gasteiger partial charge in [0.2, 0.25) is 0 Å². The third-order valence-corrected chi connectivity index (χ3v) is 4.33. The van der Waals surface area contributed by atoms with E-state index in [2.05, 4.69) is 24.8 Å².